The molecule has 1 aliphatic rings. The van der Waals surface area contributed by atoms with Crippen molar-refractivity contribution in [3.05, 3.63) is 46.0 Å². The van der Waals surface area contributed by atoms with Gasteiger partial charge in [0.15, 0.2) is 0 Å². The van der Waals surface area contributed by atoms with Gasteiger partial charge in [-0.2, -0.15) is 0 Å². The van der Waals surface area contributed by atoms with Crippen LogP contribution in [0.1, 0.15) is 29.8 Å². The van der Waals surface area contributed by atoms with Gasteiger partial charge in [-0.05, 0) is 38.8 Å². The topological polar surface area (TPSA) is 61.2 Å². The Kier molecular flexibility index (Phi) is 5.18. The molecule has 0 bridgehead atoms. The van der Waals surface area contributed by atoms with E-state index in [-0.39, 0.29) is 21.8 Å². The number of rotatable bonds is 5. The lowest BCUT2D eigenvalue weighted by atomic mass is 10.2. The molecule has 8 heteroatoms. The SMILES string of the molecule is Cc1nc(S(=O)(=O)Cc2c(F)cccc2Cl)n(C[C@H]2CCCO2)c1C. The quantitative estimate of drug-likeness (QED) is 0.789. The van der Waals surface area contributed by atoms with Crippen molar-refractivity contribution in [3.63, 3.8) is 0 Å². The Labute approximate surface area is 151 Å². The molecule has 25 heavy (non-hydrogen) atoms. The van der Waals surface area contributed by atoms with Crippen LogP contribution >= 0.6 is 11.6 Å². The van der Waals surface area contributed by atoms with E-state index in [0.717, 1.165) is 18.5 Å². The molecule has 0 unspecified atom stereocenters. The lowest BCUT2D eigenvalue weighted by Crippen LogP contribution is -2.21. The van der Waals surface area contributed by atoms with Gasteiger partial charge in [-0.15, -0.1) is 0 Å². The predicted molar refractivity (Wildman–Crippen MR) is 93.0 cm³/mol. The first-order valence-corrected chi connectivity index (χ1v) is 10.1. The normalized spacial score (nSPS) is 18.0. The average molecular weight is 387 g/mol. The van der Waals surface area contributed by atoms with E-state index in [0.29, 0.717) is 18.8 Å². The van der Waals surface area contributed by atoms with Crippen LogP contribution in [0, 0.1) is 19.7 Å². The van der Waals surface area contributed by atoms with Gasteiger partial charge in [0.1, 0.15) is 5.82 Å². The maximum absolute atomic E-state index is 14.0. The number of sulfone groups is 1. The molecule has 2 heterocycles. The standard InChI is InChI=1S/C17H20ClFN2O3S/c1-11-12(2)21(9-13-5-4-8-24-13)17(20-11)25(22,23)10-14-15(18)6-3-7-16(14)19/h3,6-7,13H,4-5,8-10H2,1-2H3/t13-/m1/s1. The Morgan fingerprint density at radius 3 is 2.80 bits per heavy atom. The van der Waals surface area contributed by atoms with Crippen LogP contribution in [0.5, 0.6) is 0 Å². The molecule has 1 aromatic heterocycles. The highest BCUT2D eigenvalue weighted by Gasteiger charge is 2.28. The van der Waals surface area contributed by atoms with Crippen LogP contribution in [-0.4, -0.2) is 30.7 Å². The molecule has 0 aliphatic carbocycles. The minimum atomic E-state index is -3.86. The van der Waals surface area contributed by atoms with Crippen LogP contribution < -0.4 is 0 Å². The van der Waals surface area contributed by atoms with Gasteiger partial charge in [0.2, 0.25) is 15.0 Å². The van der Waals surface area contributed by atoms with E-state index in [9.17, 15) is 12.8 Å². The average Bonchev–Trinajstić information content (AvgIpc) is 3.15. The molecular weight excluding hydrogens is 367 g/mol. The smallest absolute Gasteiger partial charge is 0.228 e. The molecule has 5 nitrogen and oxygen atoms in total. The molecule has 0 spiro atoms. The van der Waals surface area contributed by atoms with Gasteiger partial charge in [0.25, 0.3) is 0 Å². The van der Waals surface area contributed by atoms with Gasteiger partial charge in [0.05, 0.1) is 24.1 Å². The summed E-state index contributed by atoms with van der Waals surface area (Å²) in [6, 6.07) is 4.12. The third kappa shape index (κ3) is 3.73. The van der Waals surface area contributed by atoms with E-state index in [1.807, 2.05) is 6.92 Å². The molecule has 0 amide bonds. The van der Waals surface area contributed by atoms with E-state index >= 15 is 0 Å². The van der Waals surface area contributed by atoms with Crippen molar-refractivity contribution in [1.29, 1.82) is 0 Å². The minimum Gasteiger partial charge on any atom is -0.376 e. The fourth-order valence-electron chi connectivity index (χ4n) is 2.99. The predicted octanol–water partition coefficient (Wildman–Crippen LogP) is 3.45. The Morgan fingerprint density at radius 2 is 2.16 bits per heavy atom. The first-order chi connectivity index (χ1) is 11.8. The first kappa shape index (κ1) is 18.4. The van der Waals surface area contributed by atoms with Crippen LogP contribution in [-0.2, 0) is 26.9 Å². The van der Waals surface area contributed by atoms with E-state index in [2.05, 4.69) is 4.98 Å². The van der Waals surface area contributed by atoms with Crippen molar-refractivity contribution >= 4 is 21.4 Å². The summed E-state index contributed by atoms with van der Waals surface area (Å²) in [6.07, 6.45) is 1.82. The van der Waals surface area contributed by atoms with E-state index < -0.39 is 21.4 Å². The summed E-state index contributed by atoms with van der Waals surface area (Å²) in [7, 11) is -3.86. The molecule has 136 valence electrons. The van der Waals surface area contributed by atoms with E-state index in [1.54, 1.807) is 11.5 Å². The molecule has 1 aromatic carbocycles. The van der Waals surface area contributed by atoms with Gasteiger partial charge in [-0.3, -0.25) is 0 Å². The van der Waals surface area contributed by atoms with E-state index in [1.165, 1.54) is 18.2 Å². The second kappa shape index (κ2) is 7.05. The highest BCUT2D eigenvalue weighted by molar-refractivity contribution is 7.90. The summed E-state index contributed by atoms with van der Waals surface area (Å²) in [5.41, 5.74) is 1.37. The first-order valence-electron chi connectivity index (χ1n) is 8.10. The molecule has 2 aromatic rings. The summed E-state index contributed by atoms with van der Waals surface area (Å²) in [5, 5.41) is 0.0339. The number of aryl methyl sites for hydroxylation is 1. The maximum atomic E-state index is 14.0. The summed E-state index contributed by atoms with van der Waals surface area (Å²) < 4.78 is 47.1. The third-order valence-corrected chi connectivity index (χ3v) is 6.40. The van der Waals surface area contributed by atoms with E-state index in [4.69, 9.17) is 16.3 Å². The van der Waals surface area contributed by atoms with Gasteiger partial charge in [-0.1, -0.05) is 17.7 Å². The van der Waals surface area contributed by atoms with Crippen LogP contribution in [0.15, 0.2) is 23.4 Å². The summed E-state index contributed by atoms with van der Waals surface area (Å²) in [4.78, 5) is 4.23. The van der Waals surface area contributed by atoms with Crippen LogP contribution in [0.3, 0.4) is 0 Å². The minimum absolute atomic E-state index is 0.0294. The van der Waals surface area contributed by atoms with Crippen LogP contribution in [0.25, 0.3) is 0 Å². The Balaban J connectivity index is 1.98. The Bertz CT molecular complexity index is 869. The number of ether oxygens (including phenoxy) is 1. The second-order valence-corrected chi connectivity index (χ2v) is 8.56. The van der Waals surface area contributed by atoms with Gasteiger partial charge < -0.3 is 9.30 Å². The number of hydrogen-bond acceptors (Lipinski definition) is 4. The van der Waals surface area contributed by atoms with Crippen molar-refractivity contribution in [2.45, 2.75) is 50.2 Å². The highest BCUT2D eigenvalue weighted by Crippen LogP contribution is 2.26. The zero-order chi connectivity index (χ0) is 18.2. The molecule has 1 fully saturated rings. The van der Waals surface area contributed by atoms with Crippen molar-refractivity contribution in [2.75, 3.05) is 6.61 Å². The molecule has 0 saturated carbocycles. The molecule has 1 aliphatic heterocycles. The van der Waals surface area contributed by atoms with Crippen molar-refractivity contribution in [3.8, 4) is 0 Å². The molecular formula is C17H20ClFN2O3S. The summed E-state index contributed by atoms with van der Waals surface area (Å²) in [6.45, 7) is 4.69. The number of nitrogens with zero attached hydrogens (tertiary/aromatic N) is 2. The lowest BCUT2D eigenvalue weighted by Gasteiger charge is -2.15. The molecule has 3 rings (SSSR count). The second-order valence-electron chi connectivity index (χ2n) is 6.27. The summed E-state index contributed by atoms with van der Waals surface area (Å²) >= 11 is 5.99. The van der Waals surface area contributed by atoms with Crippen LogP contribution in [0.2, 0.25) is 5.02 Å². The zero-order valence-corrected chi connectivity index (χ0v) is 15.7. The van der Waals surface area contributed by atoms with Gasteiger partial charge >= 0.3 is 0 Å². The zero-order valence-electron chi connectivity index (χ0n) is 14.1. The number of imidazole rings is 1. The molecule has 1 saturated heterocycles. The van der Waals surface area contributed by atoms with Crippen molar-refractivity contribution in [2.24, 2.45) is 0 Å². The van der Waals surface area contributed by atoms with Gasteiger partial charge in [0, 0.05) is 22.9 Å². The number of hydrogen-bond donors (Lipinski definition) is 0. The fraction of sp³-hybridized carbons (Fsp3) is 0.471. The number of halogens is 2. The maximum Gasteiger partial charge on any atom is 0.228 e. The lowest BCUT2D eigenvalue weighted by molar-refractivity contribution is 0.0943. The van der Waals surface area contributed by atoms with Crippen LogP contribution in [0.4, 0.5) is 4.39 Å². The fourth-order valence-corrected chi connectivity index (χ4v) is 4.93. The molecule has 1 atom stereocenters. The van der Waals surface area contributed by atoms with Crippen molar-refractivity contribution in [1.82, 2.24) is 9.55 Å². The Hall–Kier alpha value is -1.44. The molecule has 0 radical (unpaired) electrons. The number of benzene rings is 1. The third-order valence-electron chi connectivity index (χ3n) is 4.51. The monoisotopic (exact) mass is 386 g/mol. The largest absolute Gasteiger partial charge is 0.376 e. The Morgan fingerprint density at radius 1 is 1.40 bits per heavy atom. The number of aromatic nitrogens is 2. The van der Waals surface area contributed by atoms with Gasteiger partial charge in [-0.25, -0.2) is 17.8 Å². The summed E-state index contributed by atoms with van der Waals surface area (Å²) in [5.74, 6) is -1.17. The van der Waals surface area contributed by atoms with Crippen molar-refractivity contribution < 1.29 is 17.5 Å². The molecule has 0 N–H and O–H groups in total. The highest BCUT2D eigenvalue weighted by atomic mass is 35.5.